The van der Waals surface area contributed by atoms with Gasteiger partial charge < -0.3 is 14.2 Å². The predicted octanol–water partition coefficient (Wildman–Crippen LogP) is 3.13. The molecule has 1 amide bonds. The van der Waals surface area contributed by atoms with Crippen LogP contribution in [0.15, 0.2) is 30.3 Å². The van der Waals surface area contributed by atoms with Crippen LogP contribution in [0.1, 0.15) is 45.1 Å². The average molecular weight is 391 g/mol. The average Bonchev–Trinajstić information content (AvgIpc) is 2.66. The van der Waals surface area contributed by atoms with E-state index in [4.69, 9.17) is 14.2 Å². The minimum Gasteiger partial charge on any atom is -0.469 e. The van der Waals surface area contributed by atoms with Crippen molar-refractivity contribution in [2.24, 2.45) is 5.92 Å². The quantitative estimate of drug-likeness (QED) is 0.579. The number of rotatable bonds is 4. The van der Waals surface area contributed by atoms with Gasteiger partial charge in [-0.15, -0.1) is 0 Å². The largest absolute Gasteiger partial charge is 0.469 e. The molecule has 7 heteroatoms. The van der Waals surface area contributed by atoms with Crippen molar-refractivity contribution < 1.29 is 28.6 Å². The van der Waals surface area contributed by atoms with Gasteiger partial charge in [0, 0.05) is 18.4 Å². The molecular formula is C21H29NO6. The van der Waals surface area contributed by atoms with Crippen molar-refractivity contribution in [3.63, 3.8) is 0 Å². The molecule has 1 saturated heterocycles. The second-order valence-electron chi connectivity index (χ2n) is 7.98. The van der Waals surface area contributed by atoms with Crippen LogP contribution in [-0.4, -0.2) is 55.3 Å². The predicted molar refractivity (Wildman–Crippen MR) is 103 cm³/mol. The van der Waals surface area contributed by atoms with Crippen LogP contribution in [0.25, 0.3) is 0 Å². The van der Waals surface area contributed by atoms with Gasteiger partial charge in [0.1, 0.15) is 11.6 Å². The van der Waals surface area contributed by atoms with Gasteiger partial charge in [-0.1, -0.05) is 30.3 Å². The first-order valence-electron chi connectivity index (χ1n) is 9.35. The maximum absolute atomic E-state index is 12.9. The van der Waals surface area contributed by atoms with Crippen LogP contribution in [0.3, 0.4) is 0 Å². The number of nitrogens with zero attached hydrogens (tertiary/aromatic N) is 1. The van der Waals surface area contributed by atoms with Crippen molar-refractivity contribution in [3.8, 4) is 0 Å². The van der Waals surface area contributed by atoms with E-state index in [9.17, 15) is 14.4 Å². The zero-order chi connectivity index (χ0) is 20.9. The van der Waals surface area contributed by atoms with Gasteiger partial charge in [-0.2, -0.15) is 0 Å². The minimum absolute atomic E-state index is 0.0128. The number of amides is 1. The Balaban J connectivity index is 2.40. The molecule has 7 nitrogen and oxygen atoms in total. The van der Waals surface area contributed by atoms with E-state index in [1.807, 2.05) is 30.3 Å². The van der Waals surface area contributed by atoms with Crippen LogP contribution >= 0.6 is 0 Å². The van der Waals surface area contributed by atoms with Crippen molar-refractivity contribution in [1.82, 2.24) is 4.90 Å². The van der Waals surface area contributed by atoms with Gasteiger partial charge >= 0.3 is 18.0 Å². The highest BCUT2D eigenvalue weighted by Crippen LogP contribution is 2.37. The normalized spacial score (nSPS) is 22.3. The lowest BCUT2D eigenvalue weighted by molar-refractivity contribution is -0.153. The summed E-state index contributed by atoms with van der Waals surface area (Å²) in [7, 11) is 2.58. The first-order valence-corrected chi connectivity index (χ1v) is 9.35. The second kappa shape index (κ2) is 9.08. The van der Waals surface area contributed by atoms with E-state index in [-0.39, 0.29) is 12.3 Å². The lowest BCUT2D eigenvalue weighted by atomic mass is 9.78. The highest BCUT2D eigenvalue weighted by molar-refractivity contribution is 5.83. The number of carbonyl (C=O) groups is 3. The fraction of sp³-hybridized carbons (Fsp3) is 0.571. The molecule has 0 radical (unpaired) electrons. The molecule has 0 N–H and O–H groups in total. The molecule has 0 unspecified atom stereocenters. The summed E-state index contributed by atoms with van der Waals surface area (Å²) < 4.78 is 15.3. The number of carbonyl (C=O) groups excluding carboxylic acids is 3. The van der Waals surface area contributed by atoms with E-state index in [0.717, 1.165) is 5.56 Å². The third kappa shape index (κ3) is 5.47. The Labute approximate surface area is 165 Å². The molecule has 1 heterocycles. The fourth-order valence-electron chi connectivity index (χ4n) is 3.58. The number of benzene rings is 1. The van der Waals surface area contributed by atoms with Gasteiger partial charge in [0.15, 0.2) is 0 Å². The van der Waals surface area contributed by atoms with Gasteiger partial charge in [-0.05, 0) is 32.8 Å². The van der Waals surface area contributed by atoms with Crippen molar-refractivity contribution >= 4 is 18.0 Å². The molecule has 0 saturated carbocycles. The highest BCUT2D eigenvalue weighted by atomic mass is 16.6. The number of hydrogen-bond acceptors (Lipinski definition) is 6. The molecule has 154 valence electrons. The van der Waals surface area contributed by atoms with Crippen molar-refractivity contribution in [2.75, 3.05) is 20.8 Å². The molecule has 1 aliphatic rings. The van der Waals surface area contributed by atoms with Gasteiger partial charge in [-0.3, -0.25) is 9.69 Å². The summed E-state index contributed by atoms with van der Waals surface area (Å²) in [5.41, 5.74) is 0.323. The Morgan fingerprint density at radius 3 is 2.25 bits per heavy atom. The Kier molecular flexibility index (Phi) is 7.05. The molecule has 3 atom stereocenters. The minimum atomic E-state index is -0.904. The third-order valence-corrected chi connectivity index (χ3v) is 4.78. The maximum Gasteiger partial charge on any atom is 0.411 e. The van der Waals surface area contributed by atoms with Gasteiger partial charge in [-0.25, -0.2) is 9.59 Å². The Bertz CT molecular complexity index is 697. The first-order chi connectivity index (χ1) is 13.2. The summed E-state index contributed by atoms with van der Waals surface area (Å²) in [6, 6.07) is 8.82. The van der Waals surface area contributed by atoms with E-state index in [1.165, 1.54) is 19.1 Å². The lowest BCUT2D eigenvalue weighted by Crippen LogP contribution is -2.56. The molecule has 0 bridgehead atoms. The summed E-state index contributed by atoms with van der Waals surface area (Å²) in [4.78, 5) is 38.8. The van der Waals surface area contributed by atoms with E-state index < -0.39 is 35.6 Å². The molecule has 0 aromatic heterocycles. The molecule has 1 fully saturated rings. The number of hydrogen-bond donors (Lipinski definition) is 0. The van der Waals surface area contributed by atoms with Crippen LogP contribution in [0.2, 0.25) is 0 Å². The molecule has 2 rings (SSSR count). The van der Waals surface area contributed by atoms with Crippen LogP contribution in [0.4, 0.5) is 4.79 Å². The van der Waals surface area contributed by atoms with E-state index in [2.05, 4.69) is 0 Å². The third-order valence-electron chi connectivity index (χ3n) is 4.78. The zero-order valence-electron chi connectivity index (χ0n) is 17.1. The van der Waals surface area contributed by atoms with Crippen LogP contribution in [0.5, 0.6) is 0 Å². The maximum atomic E-state index is 12.9. The number of ether oxygens (including phenoxy) is 3. The molecule has 1 aromatic carbocycles. The highest BCUT2D eigenvalue weighted by Gasteiger charge is 2.46. The topological polar surface area (TPSA) is 82.1 Å². The number of piperidine rings is 1. The smallest absolute Gasteiger partial charge is 0.411 e. The van der Waals surface area contributed by atoms with E-state index in [1.54, 1.807) is 20.8 Å². The molecule has 0 spiro atoms. The van der Waals surface area contributed by atoms with Crippen molar-refractivity contribution in [3.05, 3.63) is 35.9 Å². The van der Waals surface area contributed by atoms with E-state index in [0.29, 0.717) is 13.0 Å². The molecule has 1 aromatic rings. The number of likely N-dealkylation sites (tertiary alicyclic amines) is 1. The number of methoxy groups -OCH3 is 2. The SMILES string of the molecule is COC(=O)C[C@H]1C[C@@H](c2ccccc2)CN(C(=O)OC(C)(C)C)[C@@H]1C(=O)OC. The van der Waals surface area contributed by atoms with Crippen LogP contribution < -0.4 is 0 Å². The van der Waals surface area contributed by atoms with E-state index >= 15 is 0 Å². The summed E-state index contributed by atoms with van der Waals surface area (Å²) >= 11 is 0. The van der Waals surface area contributed by atoms with Gasteiger partial charge in [0.25, 0.3) is 0 Å². The zero-order valence-corrected chi connectivity index (χ0v) is 17.1. The number of esters is 2. The van der Waals surface area contributed by atoms with Crippen molar-refractivity contribution in [1.29, 1.82) is 0 Å². The standard InChI is InChI=1S/C21H29NO6/c1-21(2,3)28-20(25)22-13-16(14-9-7-6-8-10-14)11-15(12-17(23)26-4)18(22)19(24)27-5/h6-10,15-16,18H,11-13H2,1-5H3/t15-,16-,18+/m1/s1. The summed E-state index contributed by atoms with van der Waals surface area (Å²) in [5.74, 6) is -1.47. The fourth-order valence-corrected chi connectivity index (χ4v) is 3.58. The molecule has 0 aliphatic carbocycles. The second-order valence-corrected chi connectivity index (χ2v) is 7.98. The lowest BCUT2D eigenvalue weighted by Gasteiger charge is -2.43. The first kappa shape index (κ1) is 21.7. The molecular weight excluding hydrogens is 362 g/mol. The Morgan fingerprint density at radius 2 is 1.71 bits per heavy atom. The monoisotopic (exact) mass is 391 g/mol. The Hall–Kier alpha value is -2.57. The molecule has 28 heavy (non-hydrogen) atoms. The van der Waals surface area contributed by atoms with Gasteiger partial charge in [0.2, 0.25) is 0 Å². The Morgan fingerprint density at radius 1 is 1.07 bits per heavy atom. The van der Waals surface area contributed by atoms with Crippen LogP contribution in [0, 0.1) is 5.92 Å². The summed E-state index contributed by atoms with van der Waals surface area (Å²) in [6.07, 6.45) is -0.0322. The van der Waals surface area contributed by atoms with Crippen LogP contribution in [-0.2, 0) is 23.8 Å². The summed E-state index contributed by atoms with van der Waals surface area (Å²) in [6.45, 7) is 5.60. The molecule has 1 aliphatic heterocycles. The summed E-state index contributed by atoms with van der Waals surface area (Å²) in [5, 5.41) is 0. The van der Waals surface area contributed by atoms with Gasteiger partial charge in [0.05, 0.1) is 20.6 Å². The van der Waals surface area contributed by atoms with Crippen molar-refractivity contribution in [2.45, 2.75) is 51.2 Å².